The molecule has 92 valence electrons. The van der Waals surface area contributed by atoms with Gasteiger partial charge < -0.3 is 15.5 Å². The molecule has 1 amide bonds. The second kappa shape index (κ2) is 4.57. The number of carbonyl (C=O) groups is 1. The smallest absolute Gasteiger partial charge is 0.244 e. The van der Waals surface area contributed by atoms with Gasteiger partial charge in [0, 0.05) is 26.7 Å². The minimum absolute atomic E-state index is 0.118. The van der Waals surface area contributed by atoms with Crippen molar-refractivity contribution in [2.75, 3.05) is 31.3 Å². The van der Waals surface area contributed by atoms with Crippen molar-refractivity contribution in [3.8, 4) is 0 Å². The van der Waals surface area contributed by atoms with Gasteiger partial charge in [0.2, 0.25) is 5.91 Å². The number of anilines is 2. The van der Waals surface area contributed by atoms with Gasteiger partial charge in [0.25, 0.3) is 0 Å². The average molecular weight is 235 g/mol. The van der Waals surface area contributed by atoms with Crippen LogP contribution in [0.1, 0.15) is 12.2 Å². The van der Waals surface area contributed by atoms with Crippen molar-refractivity contribution in [1.29, 1.82) is 0 Å². The summed E-state index contributed by atoms with van der Waals surface area (Å²) in [4.78, 5) is 22.0. The zero-order valence-electron chi connectivity index (χ0n) is 10.3. The molecule has 17 heavy (non-hydrogen) atoms. The van der Waals surface area contributed by atoms with Gasteiger partial charge in [0.05, 0.1) is 0 Å². The fourth-order valence-electron chi connectivity index (χ4n) is 1.90. The number of aromatic nitrogens is 2. The van der Waals surface area contributed by atoms with Gasteiger partial charge in [0.1, 0.15) is 23.5 Å². The van der Waals surface area contributed by atoms with Gasteiger partial charge in [-0.25, -0.2) is 9.97 Å². The molecule has 0 spiro atoms. The lowest BCUT2D eigenvalue weighted by molar-refractivity contribution is -0.127. The summed E-state index contributed by atoms with van der Waals surface area (Å²) in [5.41, 5.74) is 0. The molecule has 1 aromatic rings. The number of nitrogens with zero attached hydrogens (tertiary/aromatic N) is 3. The van der Waals surface area contributed by atoms with E-state index in [-0.39, 0.29) is 11.9 Å². The van der Waals surface area contributed by atoms with E-state index in [0.717, 1.165) is 18.8 Å². The zero-order chi connectivity index (χ0) is 12.4. The molecule has 2 N–H and O–H groups in total. The maximum atomic E-state index is 11.8. The topological polar surface area (TPSA) is 70.2 Å². The van der Waals surface area contributed by atoms with Crippen LogP contribution in [0.4, 0.5) is 11.6 Å². The molecule has 6 heteroatoms. The number of amides is 1. The van der Waals surface area contributed by atoms with Crippen molar-refractivity contribution in [3.05, 3.63) is 11.9 Å². The Bertz CT molecular complexity index is 434. The molecule has 1 fully saturated rings. The normalized spacial score (nSPS) is 19.6. The van der Waals surface area contributed by atoms with E-state index in [0.29, 0.717) is 11.6 Å². The lowest BCUT2D eigenvalue weighted by Crippen LogP contribution is -2.31. The number of likely N-dealkylation sites (tertiary alicyclic amines) is 1. The predicted molar refractivity (Wildman–Crippen MR) is 66.0 cm³/mol. The van der Waals surface area contributed by atoms with Crippen LogP contribution in [-0.2, 0) is 4.79 Å². The van der Waals surface area contributed by atoms with Gasteiger partial charge in [-0.05, 0) is 13.3 Å². The minimum Gasteiger partial charge on any atom is -0.373 e. The molecule has 1 unspecified atom stereocenters. The van der Waals surface area contributed by atoms with E-state index in [1.54, 1.807) is 18.0 Å². The Hall–Kier alpha value is -1.85. The molecule has 0 saturated carbocycles. The summed E-state index contributed by atoms with van der Waals surface area (Å²) in [7, 11) is 3.62. The monoisotopic (exact) mass is 235 g/mol. The first-order valence-electron chi connectivity index (χ1n) is 5.65. The van der Waals surface area contributed by atoms with Gasteiger partial charge in [-0.3, -0.25) is 4.79 Å². The number of rotatable bonds is 3. The zero-order valence-corrected chi connectivity index (χ0v) is 10.3. The highest BCUT2D eigenvalue weighted by Gasteiger charge is 2.29. The first kappa shape index (κ1) is 11.6. The standard InChI is InChI=1S/C11H17N5O/c1-7-13-9(12-2)6-10(14-7)15-8-4-5-16(3)11(8)17/h6,8H,4-5H2,1-3H3,(H2,12,13,14,15). The van der Waals surface area contributed by atoms with Crippen molar-refractivity contribution in [3.63, 3.8) is 0 Å². The summed E-state index contributed by atoms with van der Waals surface area (Å²) in [6.45, 7) is 2.62. The van der Waals surface area contributed by atoms with Crippen LogP contribution in [0.3, 0.4) is 0 Å². The number of aryl methyl sites for hydroxylation is 1. The highest BCUT2D eigenvalue weighted by Crippen LogP contribution is 2.16. The summed E-state index contributed by atoms with van der Waals surface area (Å²) in [5, 5.41) is 6.12. The van der Waals surface area contributed by atoms with E-state index >= 15 is 0 Å². The Labute approximate surface area is 100 Å². The van der Waals surface area contributed by atoms with Gasteiger partial charge in [-0.15, -0.1) is 0 Å². The van der Waals surface area contributed by atoms with Crippen LogP contribution in [-0.4, -0.2) is 47.5 Å². The third-order valence-corrected chi connectivity index (χ3v) is 2.84. The van der Waals surface area contributed by atoms with Gasteiger partial charge in [-0.1, -0.05) is 0 Å². The second-order valence-corrected chi connectivity index (χ2v) is 4.18. The quantitative estimate of drug-likeness (QED) is 0.797. The first-order chi connectivity index (χ1) is 8.10. The van der Waals surface area contributed by atoms with Crippen LogP contribution in [0.5, 0.6) is 0 Å². The molecule has 0 bridgehead atoms. The van der Waals surface area contributed by atoms with Crippen LogP contribution in [0.25, 0.3) is 0 Å². The van der Waals surface area contributed by atoms with Crippen LogP contribution < -0.4 is 10.6 Å². The fraction of sp³-hybridized carbons (Fsp3) is 0.545. The molecule has 0 radical (unpaired) electrons. The van der Waals surface area contributed by atoms with Crippen molar-refractivity contribution in [2.45, 2.75) is 19.4 Å². The molecule has 0 aromatic carbocycles. The number of likely N-dealkylation sites (N-methyl/N-ethyl adjacent to an activating group) is 1. The van der Waals surface area contributed by atoms with Gasteiger partial charge in [-0.2, -0.15) is 0 Å². The van der Waals surface area contributed by atoms with Crippen LogP contribution in [0.15, 0.2) is 6.07 Å². The summed E-state index contributed by atoms with van der Waals surface area (Å²) >= 11 is 0. The van der Waals surface area contributed by atoms with Gasteiger partial charge >= 0.3 is 0 Å². The molecule has 1 saturated heterocycles. The van der Waals surface area contributed by atoms with E-state index in [1.807, 2.05) is 14.0 Å². The largest absolute Gasteiger partial charge is 0.373 e. The van der Waals surface area contributed by atoms with Crippen LogP contribution in [0.2, 0.25) is 0 Å². The molecule has 1 aliphatic rings. The highest BCUT2D eigenvalue weighted by molar-refractivity contribution is 5.86. The predicted octanol–water partition coefficient (Wildman–Crippen LogP) is 0.469. The lowest BCUT2D eigenvalue weighted by atomic mass is 10.2. The number of hydrogen-bond acceptors (Lipinski definition) is 5. The summed E-state index contributed by atoms with van der Waals surface area (Å²) < 4.78 is 0. The van der Waals surface area contributed by atoms with E-state index in [4.69, 9.17) is 0 Å². The molecular formula is C11H17N5O. The third-order valence-electron chi connectivity index (χ3n) is 2.84. The summed E-state index contributed by atoms with van der Waals surface area (Å²) in [6, 6.07) is 1.64. The third kappa shape index (κ3) is 2.46. The van der Waals surface area contributed by atoms with E-state index in [1.165, 1.54) is 0 Å². The summed E-state index contributed by atoms with van der Waals surface area (Å²) in [5.74, 6) is 2.24. The van der Waals surface area contributed by atoms with Gasteiger partial charge in [0.15, 0.2) is 0 Å². The SMILES string of the molecule is CNc1cc(NC2CCN(C)C2=O)nc(C)n1. The number of nitrogens with one attached hydrogen (secondary N) is 2. The molecular weight excluding hydrogens is 218 g/mol. The maximum Gasteiger partial charge on any atom is 0.244 e. The van der Waals surface area contributed by atoms with Crippen LogP contribution >= 0.6 is 0 Å². The highest BCUT2D eigenvalue weighted by atomic mass is 16.2. The molecule has 2 rings (SSSR count). The van der Waals surface area contributed by atoms with Crippen molar-refractivity contribution >= 4 is 17.5 Å². The fourth-order valence-corrected chi connectivity index (χ4v) is 1.90. The van der Waals surface area contributed by atoms with E-state index in [2.05, 4.69) is 20.6 Å². The van der Waals surface area contributed by atoms with E-state index < -0.39 is 0 Å². The maximum absolute atomic E-state index is 11.8. The van der Waals surface area contributed by atoms with Crippen molar-refractivity contribution in [1.82, 2.24) is 14.9 Å². The molecule has 1 aromatic heterocycles. The molecule has 1 atom stereocenters. The Balaban J connectivity index is 2.13. The van der Waals surface area contributed by atoms with Crippen molar-refractivity contribution < 1.29 is 4.79 Å². The summed E-state index contributed by atoms with van der Waals surface area (Å²) in [6.07, 6.45) is 0.813. The van der Waals surface area contributed by atoms with E-state index in [9.17, 15) is 4.79 Å². The minimum atomic E-state index is -0.168. The molecule has 6 nitrogen and oxygen atoms in total. The molecule has 0 aliphatic carbocycles. The van der Waals surface area contributed by atoms with Crippen LogP contribution in [0, 0.1) is 6.92 Å². The Morgan fingerprint density at radius 2 is 2.12 bits per heavy atom. The average Bonchev–Trinajstić information content (AvgIpc) is 2.60. The molecule has 2 heterocycles. The Morgan fingerprint density at radius 1 is 1.41 bits per heavy atom. The lowest BCUT2D eigenvalue weighted by Gasteiger charge is -2.13. The van der Waals surface area contributed by atoms with Crippen molar-refractivity contribution in [2.24, 2.45) is 0 Å². The first-order valence-corrected chi connectivity index (χ1v) is 5.65. The molecule has 1 aliphatic heterocycles. The second-order valence-electron chi connectivity index (χ2n) is 4.18. The Kier molecular flexibility index (Phi) is 3.12. The number of carbonyl (C=O) groups excluding carboxylic acids is 1. The number of hydrogen-bond donors (Lipinski definition) is 2. The Morgan fingerprint density at radius 3 is 2.71 bits per heavy atom.